The van der Waals surface area contributed by atoms with E-state index in [1.54, 1.807) is 7.11 Å². The fraction of sp³-hybridized carbons (Fsp3) is 0.652. The van der Waals surface area contributed by atoms with Crippen molar-refractivity contribution in [1.82, 2.24) is 15.1 Å². The second-order valence-corrected chi connectivity index (χ2v) is 8.88. The molecule has 0 unspecified atom stereocenters. The van der Waals surface area contributed by atoms with E-state index in [9.17, 15) is 4.79 Å². The Kier molecular flexibility index (Phi) is 10.9. The Balaban J connectivity index is 0.00000341. The molecule has 0 aromatic heterocycles. The maximum Gasteiger partial charge on any atom is 0.227 e. The summed E-state index contributed by atoms with van der Waals surface area (Å²) < 4.78 is 5.31. The van der Waals surface area contributed by atoms with Crippen LogP contribution in [0.2, 0.25) is 5.02 Å². The number of carbonyl (C=O) groups is 1. The smallest absolute Gasteiger partial charge is 0.227 e. The summed E-state index contributed by atoms with van der Waals surface area (Å²) in [4.78, 5) is 21.9. The largest absolute Gasteiger partial charge is 0.385 e. The molecule has 0 spiro atoms. The Bertz CT molecular complexity index is 734. The Hall–Kier alpha value is -1.06. The normalized spacial score (nSPS) is 18.2. The first kappa shape index (κ1) is 26.2. The van der Waals surface area contributed by atoms with E-state index in [4.69, 9.17) is 21.3 Å². The van der Waals surface area contributed by atoms with Gasteiger partial charge in [0, 0.05) is 58.0 Å². The number of guanidine groups is 1. The molecule has 8 heteroatoms. The third kappa shape index (κ3) is 7.49. The maximum atomic E-state index is 12.7. The number of rotatable bonds is 8. The van der Waals surface area contributed by atoms with Crippen molar-refractivity contribution in [2.24, 2.45) is 10.4 Å². The van der Waals surface area contributed by atoms with Crippen LogP contribution in [0.25, 0.3) is 0 Å². The maximum absolute atomic E-state index is 12.7. The number of hydrogen-bond donors (Lipinski definition) is 1. The van der Waals surface area contributed by atoms with Gasteiger partial charge >= 0.3 is 0 Å². The highest BCUT2D eigenvalue weighted by Gasteiger charge is 2.36. The van der Waals surface area contributed by atoms with Gasteiger partial charge in [0.1, 0.15) is 0 Å². The Morgan fingerprint density at radius 1 is 1.23 bits per heavy atom. The van der Waals surface area contributed by atoms with Gasteiger partial charge in [-0.2, -0.15) is 0 Å². The van der Waals surface area contributed by atoms with Crippen molar-refractivity contribution >= 4 is 47.4 Å². The molecule has 0 atom stereocenters. The topological polar surface area (TPSA) is 57.2 Å². The molecule has 1 aromatic rings. The summed E-state index contributed by atoms with van der Waals surface area (Å²) in [6.45, 7) is 7.65. The van der Waals surface area contributed by atoms with E-state index in [2.05, 4.69) is 17.1 Å². The lowest BCUT2D eigenvalue weighted by atomic mass is 9.67. The van der Waals surface area contributed by atoms with Crippen LogP contribution in [-0.4, -0.2) is 74.7 Å². The lowest BCUT2D eigenvalue weighted by molar-refractivity contribution is -0.131. The molecule has 1 aliphatic carbocycles. The van der Waals surface area contributed by atoms with Crippen LogP contribution in [0.5, 0.6) is 0 Å². The number of piperazine rings is 1. The van der Waals surface area contributed by atoms with E-state index >= 15 is 0 Å². The first-order valence-electron chi connectivity index (χ1n) is 11.1. The minimum atomic E-state index is 0. The van der Waals surface area contributed by atoms with Gasteiger partial charge < -0.3 is 19.9 Å². The Labute approximate surface area is 208 Å². The number of carbonyl (C=O) groups excluding carboxylic acids is 1. The zero-order chi connectivity index (χ0) is 21.4. The van der Waals surface area contributed by atoms with Gasteiger partial charge in [0.15, 0.2) is 5.96 Å². The molecule has 1 saturated carbocycles. The summed E-state index contributed by atoms with van der Waals surface area (Å²) in [7, 11) is 1.77. The number of amides is 1. The molecule has 174 valence electrons. The van der Waals surface area contributed by atoms with Crippen molar-refractivity contribution in [3.8, 4) is 0 Å². The average molecular weight is 563 g/mol. The van der Waals surface area contributed by atoms with Crippen LogP contribution in [0, 0.1) is 5.41 Å². The molecule has 3 rings (SSSR count). The van der Waals surface area contributed by atoms with E-state index in [0.29, 0.717) is 16.9 Å². The molecular formula is C23H36ClIN4O2. The Morgan fingerprint density at radius 2 is 1.94 bits per heavy atom. The van der Waals surface area contributed by atoms with Crippen molar-refractivity contribution in [2.45, 2.75) is 39.0 Å². The first-order valence-corrected chi connectivity index (χ1v) is 11.5. The molecule has 1 saturated heterocycles. The highest BCUT2D eigenvalue weighted by molar-refractivity contribution is 14.0. The second-order valence-electron chi connectivity index (χ2n) is 8.44. The average Bonchev–Trinajstić information content (AvgIpc) is 2.72. The molecule has 1 amide bonds. The van der Waals surface area contributed by atoms with Gasteiger partial charge in [0.2, 0.25) is 5.91 Å². The van der Waals surface area contributed by atoms with Gasteiger partial charge in [0.25, 0.3) is 0 Å². The van der Waals surface area contributed by atoms with E-state index in [-0.39, 0.29) is 29.9 Å². The minimum Gasteiger partial charge on any atom is -0.385 e. The lowest BCUT2D eigenvalue weighted by Gasteiger charge is -2.41. The lowest BCUT2D eigenvalue weighted by Crippen LogP contribution is -2.54. The predicted octanol–water partition coefficient (Wildman–Crippen LogP) is 3.82. The number of halogens is 2. The van der Waals surface area contributed by atoms with Gasteiger partial charge in [-0.15, -0.1) is 24.0 Å². The van der Waals surface area contributed by atoms with Crippen LogP contribution in [0.4, 0.5) is 0 Å². The number of methoxy groups -OCH3 is 1. The van der Waals surface area contributed by atoms with Gasteiger partial charge in [-0.3, -0.25) is 9.79 Å². The summed E-state index contributed by atoms with van der Waals surface area (Å²) in [5.41, 5.74) is 1.28. The zero-order valence-electron chi connectivity index (χ0n) is 18.7. The van der Waals surface area contributed by atoms with Crippen molar-refractivity contribution in [3.63, 3.8) is 0 Å². The molecular weight excluding hydrogens is 527 g/mol. The van der Waals surface area contributed by atoms with Gasteiger partial charge in [-0.05, 0) is 49.3 Å². The highest BCUT2D eigenvalue weighted by Crippen LogP contribution is 2.44. The zero-order valence-corrected chi connectivity index (χ0v) is 21.8. The fourth-order valence-corrected chi connectivity index (χ4v) is 4.46. The van der Waals surface area contributed by atoms with E-state index in [0.717, 1.165) is 63.8 Å². The number of hydrogen-bond acceptors (Lipinski definition) is 3. The second kappa shape index (κ2) is 12.8. The van der Waals surface area contributed by atoms with Crippen LogP contribution in [0.15, 0.2) is 29.3 Å². The third-order valence-electron chi connectivity index (χ3n) is 6.33. The molecule has 6 nitrogen and oxygen atoms in total. The first-order chi connectivity index (χ1) is 14.5. The van der Waals surface area contributed by atoms with Gasteiger partial charge in [-0.1, -0.05) is 30.2 Å². The van der Waals surface area contributed by atoms with Crippen LogP contribution < -0.4 is 5.32 Å². The molecule has 1 N–H and O–H groups in total. The molecule has 2 aliphatic rings. The van der Waals surface area contributed by atoms with Crippen molar-refractivity contribution < 1.29 is 9.53 Å². The van der Waals surface area contributed by atoms with Crippen LogP contribution in [0.1, 0.15) is 38.2 Å². The van der Waals surface area contributed by atoms with E-state index < -0.39 is 0 Å². The molecule has 0 radical (unpaired) electrons. The number of nitrogens with one attached hydrogen (secondary N) is 1. The number of benzene rings is 1. The summed E-state index contributed by atoms with van der Waals surface area (Å²) >= 11 is 6.04. The van der Waals surface area contributed by atoms with E-state index in [1.165, 1.54) is 19.3 Å². The molecule has 31 heavy (non-hydrogen) atoms. The SMILES string of the molecule is CCNC(=NCC1(CCOC)CCC1)N1CCN(C(=O)Cc2cccc(Cl)c2)CC1.I. The summed E-state index contributed by atoms with van der Waals surface area (Å²) in [6.07, 6.45) is 5.26. The van der Waals surface area contributed by atoms with Crippen LogP contribution in [-0.2, 0) is 16.0 Å². The molecule has 1 aliphatic heterocycles. The van der Waals surface area contributed by atoms with Crippen molar-refractivity contribution in [1.29, 1.82) is 0 Å². The molecule has 2 fully saturated rings. The third-order valence-corrected chi connectivity index (χ3v) is 6.56. The van der Waals surface area contributed by atoms with Crippen LogP contribution >= 0.6 is 35.6 Å². The molecule has 1 heterocycles. The Morgan fingerprint density at radius 3 is 2.52 bits per heavy atom. The summed E-state index contributed by atoms with van der Waals surface area (Å²) in [6, 6.07) is 7.55. The molecule has 1 aromatic carbocycles. The number of ether oxygens (including phenoxy) is 1. The van der Waals surface area contributed by atoms with Gasteiger partial charge in [-0.25, -0.2) is 0 Å². The monoisotopic (exact) mass is 562 g/mol. The quantitative estimate of drug-likeness (QED) is 0.297. The predicted molar refractivity (Wildman–Crippen MR) is 137 cm³/mol. The fourth-order valence-electron chi connectivity index (χ4n) is 4.25. The number of nitrogens with zero attached hydrogens (tertiary/aromatic N) is 3. The van der Waals surface area contributed by atoms with Crippen molar-refractivity contribution in [2.75, 3.05) is 53.0 Å². The molecule has 0 bridgehead atoms. The van der Waals surface area contributed by atoms with Crippen LogP contribution in [0.3, 0.4) is 0 Å². The summed E-state index contributed by atoms with van der Waals surface area (Å²) in [5.74, 6) is 1.13. The minimum absolute atomic E-state index is 0. The van der Waals surface area contributed by atoms with E-state index in [1.807, 2.05) is 29.2 Å². The van der Waals surface area contributed by atoms with Gasteiger partial charge in [0.05, 0.1) is 6.42 Å². The standard InChI is InChI=1S/C23H35ClN4O2.HI/c1-3-25-22(26-18-23(8-5-9-23)10-15-30-2)28-13-11-27(12-14-28)21(29)17-19-6-4-7-20(24)16-19;/h4,6-7,16H,3,5,8-15,17-18H2,1-2H3,(H,25,26);1H. The van der Waals surface area contributed by atoms with Crippen molar-refractivity contribution in [3.05, 3.63) is 34.9 Å². The summed E-state index contributed by atoms with van der Waals surface area (Å²) in [5, 5.41) is 4.12. The highest BCUT2D eigenvalue weighted by atomic mass is 127. The number of aliphatic imine (C=N–C) groups is 1.